The molecule has 1 aromatic carbocycles. The molecule has 0 bridgehead atoms. The van der Waals surface area contributed by atoms with Crippen molar-refractivity contribution in [2.24, 2.45) is 0 Å². The van der Waals surface area contributed by atoms with Crippen molar-refractivity contribution in [2.45, 2.75) is 60.1 Å². The first kappa shape index (κ1) is 22.2. The van der Waals surface area contributed by atoms with Crippen LogP contribution in [-0.2, 0) is 19.3 Å². The molecule has 3 nitrogen and oxygen atoms in total. The van der Waals surface area contributed by atoms with Crippen LogP contribution in [0.15, 0.2) is 12.1 Å². The zero-order valence-corrected chi connectivity index (χ0v) is 17.4. The van der Waals surface area contributed by atoms with Crippen LogP contribution in [0.4, 0.5) is 18.9 Å². The maximum atomic E-state index is 13.0. The third kappa shape index (κ3) is 4.85. The standard InChI is InChI=1S/C21H24ClF3N2O/c1-6-14-8-11(3)9-15(7-2)19(14)27-20(28)17-13(5)26-12(4)16(18(17)22)10-21(23,24)25/h8-9H,6-7,10H2,1-5H3,(H,27,28). The van der Waals surface area contributed by atoms with Crippen molar-refractivity contribution in [1.82, 2.24) is 4.98 Å². The molecule has 2 rings (SSSR count). The van der Waals surface area contributed by atoms with Gasteiger partial charge in [0, 0.05) is 16.9 Å². The van der Waals surface area contributed by atoms with Crippen LogP contribution < -0.4 is 5.32 Å². The first-order valence-electron chi connectivity index (χ1n) is 9.14. The summed E-state index contributed by atoms with van der Waals surface area (Å²) < 4.78 is 38.8. The quantitative estimate of drug-likeness (QED) is 0.640. The van der Waals surface area contributed by atoms with E-state index >= 15 is 0 Å². The lowest BCUT2D eigenvalue weighted by molar-refractivity contribution is -0.127. The Labute approximate surface area is 168 Å². The Kier molecular flexibility index (Phi) is 6.75. The molecule has 0 saturated heterocycles. The zero-order chi connectivity index (χ0) is 21.2. The predicted octanol–water partition coefficient (Wildman–Crippen LogP) is 6.14. The Hall–Kier alpha value is -2.08. The number of hydrogen-bond donors (Lipinski definition) is 1. The molecule has 2 aromatic rings. The van der Waals surface area contributed by atoms with E-state index in [-0.39, 0.29) is 21.8 Å². The highest BCUT2D eigenvalue weighted by atomic mass is 35.5. The van der Waals surface area contributed by atoms with Gasteiger partial charge in [-0.1, -0.05) is 43.1 Å². The van der Waals surface area contributed by atoms with E-state index in [1.807, 2.05) is 32.9 Å². The molecule has 7 heteroatoms. The molecule has 0 aliphatic carbocycles. The van der Waals surface area contributed by atoms with E-state index in [0.717, 1.165) is 16.7 Å². The van der Waals surface area contributed by atoms with Crippen molar-refractivity contribution in [1.29, 1.82) is 0 Å². The molecular formula is C21H24ClF3N2O. The predicted molar refractivity (Wildman–Crippen MR) is 106 cm³/mol. The number of amides is 1. The van der Waals surface area contributed by atoms with Crippen LogP contribution in [0.25, 0.3) is 0 Å². The van der Waals surface area contributed by atoms with Crippen LogP contribution in [0.5, 0.6) is 0 Å². The van der Waals surface area contributed by atoms with Crippen molar-refractivity contribution in [2.75, 3.05) is 5.32 Å². The molecule has 0 spiro atoms. The molecule has 1 N–H and O–H groups in total. The van der Waals surface area contributed by atoms with E-state index < -0.39 is 18.5 Å². The minimum Gasteiger partial charge on any atom is -0.321 e. The van der Waals surface area contributed by atoms with Gasteiger partial charge in [0.15, 0.2) is 0 Å². The van der Waals surface area contributed by atoms with Gasteiger partial charge in [-0.15, -0.1) is 0 Å². The molecule has 0 aliphatic heterocycles. The third-order valence-corrected chi connectivity index (χ3v) is 5.09. The molecule has 1 aromatic heterocycles. The molecule has 0 saturated carbocycles. The summed E-state index contributed by atoms with van der Waals surface area (Å²) in [5, 5.41) is 2.68. The average molecular weight is 413 g/mol. The van der Waals surface area contributed by atoms with Gasteiger partial charge >= 0.3 is 6.18 Å². The fourth-order valence-electron chi connectivity index (χ4n) is 3.35. The van der Waals surface area contributed by atoms with Crippen LogP contribution in [0.3, 0.4) is 0 Å². The van der Waals surface area contributed by atoms with Gasteiger partial charge in [0.25, 0.3) is 5.91 Å². The third-order valence-electron chi connectivity index (χ3n) is 4.67. The Morgan fingerprint density at radius 2 is 1.61 bits per heavy atom. The number of anilines is 1. The monoisotopic (exact) mass is 412 g/mol. The molecule has 28 heavy (non-hydrogen) atoms. The summed E-state index contributed by atoms with van der Waals surface area (Å²) in [5.74, 6) is -0.549. The highest BCUT2D eigenvalue weighted by Crippen LogP contribution is 2.33. The van der Waals surface area contributed by atoms with Gasteiger partial charge in [-0.25, -0.2) is 0 Å². The van der Waals surface area contributed by atoms with E-state index in [1.54, 1.807) is 6.92 Å². The number of benzene rings is 1. The fraction of sp³-hybridized carbons (Fsp3) is 0.429. The second-order valence-corrected chi connectivity index (χ2v) is 7.24. The van der Waals surface area contributed by atoms with Crippen LogP contribution in [0.2, 0.25) is 5.02 Å². The summed E-state index contributed by atoms with van der Waals surface area (Å²) >= 11 is 6.26. The topological polar surface area (TPSA) is 42.0 Å². The largest absolute Gasteiger partial charge is 0.393 e. The summed E-state index contributed by atoms with van der Waals surface area (Å²) in [4.78, 5) is 17.1. The number of aryl methyl sites for hydroxylation is 5. The first-order chi connectivity index (χ1) is 13.0. The lowest BCUT2D eigenvalue weighted by Crippen LogP contribution is -2.20. The maximum absolute atomic E-state index is 13.0. The maximum Gasteiger partial charge on any atom is 0.393 e. The molecule has 1 amide bonds. The number of halogens is 4. The van der Waals surface area contributed by atoms with Gasteiger partial charge in [0.2, 0.25) is 0 Å². The second-order valence-electron chi connectivity index (χ2n) is 6.86. The zero-order valence-electron chi connectivity index (χ0n) is 16.6. The van der Waals surface area contributed by atoms with Crippen molar-refractivity contribution < 1.29 is 18.0 Å². The highest BCUT2D eigenvalue weighted by molar-refractivity contribution is 6.35. The van der Waals surface area contributed by atoms with Gasteiger partial charge in [-0.3, -0.25) is 9.78 Å². The molecule has 0 atom stereocenters. The van der Waals surface area contributed by atoms with Gasteiger partial charge in [-0.05, 0) is 44.7 Å². The summed E-state index contributed by atoms with van der Waals surface area (Å²) in [6.07, 6.45) is -4.25. The number of aromatic nitrogens is 1. The number of alkyl halides is 3. The number of hydrogen-bond acceptors (Lipinski definition) is 2. The van der Waals surface area contributed by atoms with Gasteiger partial charge in [0.1, 0.15) is 0 Å². The van der Waals surface area contributed by atoms with Gasteiger partial charge in [0.05, 0.1) is 22.7 Å². The van der Waals surface area contributed by atoms with Crippen molar-refractivity contribution in [3.8, 4) is 0 Å². The number of nitrogens with zero attached hydrogens (tertiary/aromatic N) is 1. The summed E-state index contributed by atoms with van der Waals surface area (Å²) in [5.41, 5.74) is 4.00. The van der Waals surface area contributed by atoms with Crippen molar-refractivity contribution in [3.63, 3.8) is 0 Å². The molecule has 152 valence electrons. The molecule has 1 heterocycles. The van der Waals surface area contributed by atoms with Crippen LogP contribution in [0.1, 0.15) is 57.8 Å². The van der Waals surface area contributed by atoms with Crippen molar-refractivity contribution >= 4 is 23.2 Å². The van der Waals surface area contributed by atoms with Crippen LogP contribution in [0, 0.1) is 20.8 Å². The first-order valence-corrected chi connectivity index (χ1v) is 9.52. The van der Waals surface area contributed by atoms with E-state index in [1.165, 1.54) is 6.92 Å². The van der Waals surface area contributed by atoms with Crippen LogP contribution in [-0.4, -0.2) is 17.1 Å². The lowest BCUT2D eigenvalue weighted by atomic mass is 9.99. The molecule has 0 fully saturated rings. The van der Waals surface area contributed by atoms with Crippen molar-refractivity contribution in [3.05, 3.63) is 56.4 Å². The lowest BCUT2D eigenvalue weighted by Gasteiger charge is -2.19. The smallest absolute Gasteiger partial charge is 0.321 e. The van der Waals surface area contributed by atoms with Gasteiger partial charge < -0.3 is 5.32 Å². The van der Waals surface area contributed by atoms with E-state index in [4.69, 9.17) is 11.6 Å². The summed E-state index contributed by atoms with van der Waals surface area (Å²) in [6, 6.07) is 3.98. The molecule has 0 unspecified atom stereocenters. The van der Waals surface area contributed by atoms with E-state index in [2.05, 4.69) is 10.3 Å². The number of rotatable bonds is 5. The summed E-state index contributed by atoms with van der Waals surface area (Å²) in [7, 11) is 0. The number of carbonyl (C=O) groups excluding carboxylic acids is 1. The summed E-state index contributed by atoms with van der Waals surface area (Å²) in [6.45, 7) is 8.99. The number of pyridine rings is 1. The Bertz CT molecular complexity index is 882. The van der Waals surface area contributed by atoms with Crippen LogP contribution >= 0.6 is 11.6 Å². The number of carbonyl (C=O) groups is 1. The van der Waals surface area contributed by atoms with E-state index in [0.29, 0.717) is 24.2 Å². The molecule has 0 aliphatic rings. The minimum atomic E-state index is -4.44. The molecule has 0 radical (unpaired) electrons. The van der Waals surface area contributed by atoms with E-state index in [9.17, 15) is 18.0 Å². The fourth-order valence-corrected chi connectivity index (χ4v) is 3.78. The highest BCUT2D eigenvalue weighted by Gasteiger charge is 2.32. The molecular weight excluding hydrogens is 389 g/mol. The minimum absolute atomic E-state index is 0.0174. The normalized spacial score (nSPS) is 11.6. The van der Waals surface area contributed by atoms with Gasteiger partial charge in [-0.2, -0.15) is 13.2 Å². The Morgan fingerprint density at radius 1 is 1.07 bits per heavy atom. The Balaban J connectivity index is 2.53. The SMILES string of the molecule is CCc1cc(C)cc(CC)c1NC(=O)c1c(C)nc(C)c(CC(F)(F)F)c1Cl. The average Bonchev–Trinajstić information content (AvgIpc) is 2.58. The number of nitrogens with one attached hydrogen (secondary N) is 1. The second kappa shape index (κ2) is 8.52. The Morgan fingerprint density at radius 3 is 2.07 bits per heavy atom.